The largest absolute Gasteiger partial charge is 0.481 e. The van der Waals surface area contributed by atoms with E-state index in [-0.39, 0.29) is 12.1 Å². The molecule has 0 radical (unpaired) electrons. The molecule has 0 bridgehead atoms. The van der Waals surface area contributed by atoms with Crippen LogP contribution in [-0.2, 0) is 25.7 Å². The van der Waals surface area contributed by atoms with Crippen molar-refractivity contribution in [2.45, 2.75) is 51.2 Å². The second-order valence-corrected chi connectivity index (χ2v) is 10.2. The molecule has 3 aromatic rings. The predicted molar refractivity (Wildman–Crippen MR) is 155 cm³/mol. The van der Waals surface area contributed by atoms with Crippen molar-refractivity contribution in [3.8, 4) is 0 Å². The average molecular weight is 614 g/mol. The number of nitrogens with one attached hydrogen (secondary N) is 2. The highest BCUT2D eigenvalue weighted by molar-refractivity contribution is 5.98. The Morgan fingerprint density at radius 3 is 2.25 bits per heavy atom. The van der Waals surface area contributed by atoms with Crippen LogP contribution in [-0.4, -0.2) is 86.1 Å². The van der Waals surface area contributed by atoms with Crippen molar-refractivity contribution >= 4 is 46.3 Å². The van der Waals surface area contributed by atoms with E-state index >= 15 is 4.39 Å². The number of hydrogen-bond donors (Lipinski definition) is 5. The molecule has 5 N–H and O–H groups in total. The van der Waals surface area contributed by atoms with Gasteiger partial charge < -0.3 is 35.4 Å². The first-order valence-electron chi connectivity index (χ1n) is 13.4. The highest BCUT2D eigenvalue weighted by Crippen LogP contribution is 2.21. The summed E-state index contributed by atoms with van der Waals surface area (Å²) in [6.45, 7) is 1.95. The number of anilines is 1. The monoisotopic (exact) mass is 613 g/mol. The number of carbonyl (C=O) groups excluding carboxylic acids is 2. The molecule has 0 spiro atoms. The van der Waals surface area contributed by atoms with Gasteiger partial charge in [-0.25, -0.2) is 14.2 Å². The summed E-state index contributed by atoms with van der Waals surface area (Å²) in [6.07, 6.45) is -1.98. The number of halogens is 1. The molecule has 0 aliphatic heterocycles. The fraction of sp³-hybridized carbons (Fsp3) is 0.345. The number of rotatable bonds is 14. The number of carboxylic acid groups (broad SMARTS) is 3. The van der Waals surface area contributed by atoms with E-state index < -0.39 is 78.9 Å². The number of aliphatic carboxylic acids is 3. The number of benzene rings is 2. The Labute approximate surface area is 250 Å². The van der Waals surface area contributed by atoms with Crippen molar-refractivity contribution in [3.05, 3.63) is 69.5 Å². The number of aryl methyl sites for hydroxylation is 1. The number of amides is 2. The quantitative estimate of drug-likeness (QED) is 0.177. The van der Waals surface area contributed by atoms with Crippen molar-refractivity contribution in [2.24, 2.45) is 0 Å². The molecule has 0 saturated heterocycles. The van der Waals surface area contributed by atoms with Gasteiger partial charge in [-0.3, -0.25) is 24.0 Å². The van der Waals surface area contributed by atoms with Crippen LogP contribution in [0.2, 0.25) is 0 Å². The lowest BCUT2D eigenvalue weighted by Crippen LogP contribution is -2.52. The van der Waals surface area contributed by atoms with Gasteiger partial charge in [0.2, 0.25) is 5.91 Å². The summed E-state index contributed by atoms with van der Waals surface area (Å²) in [5.74, 6) is -6.53. The van der Waals surface area contributed by atoms with E-state index in [0.29, 0.717) is 22.4 Å². The maximum absolute atomic E-state index is 15.2. The van der Waals surface area contributed by atoms with Crippen LogP contribution in [0.4, 0.5) is 10.1 Å². The number of aromatic nitrogens is 2. The van der Waals surface area contributed by atoms with Gasteiger partial charge in [-0.05, 0) is 55.7 Å². The smallest absolute Gasteiger partial charge is 0.326 e. The van der Waals surface area contributed by atoms with Crippen LogP contribution in [0.3, 0.4) is 0 Å². The van der Waals surface area contributed by atoms with Crippen molar-refractivity contribution < 1.29 is 43.7 Å². The Bertz CT molecular complexity index is 1660. The van der Waals surface area contributed by atoms with Gasteiger partial charge in [-0.15, -0.1) is 0 Å². The summed E-state index contributed by atoms with van der Waals surface area (Å²) in [5, 5.41) is 30.2. The number of likely N-dealkylation sites (N-methyl/N-ethyl adjacent to an activating group) is 1. The Morgan fingerprint density at radius 2 is 1.64 bits per heavy atom. The topological polar surface area (TPSA) is 210 Å². The van der Waals surface area contributed by atoms with Crippen LogP contribution in [0.25, 0.3) is 10.9 Å². The third-order valence-electron chi connectivity index (χ3n) is 6.93. The maximum Gasteiger partial charge on any atom is 0.326 e. The molecule has 2 aromatic carbocycles. The van der Waals surface area contributed by atoms with E-state index in [0.717, 1.165) is 23.6 Å². The molecule has 14 nitrogen and oxygen atoms in total. The number of fused-ring (bicyclic) bond motifs is 1. The van der Waals surface area contributed by atoms with Gasteiger partial charge in [0, 0.05) is 39.2 Å². The average Bonchev–Trinajstić information content (AvgIpc) is 2.94. The van der Waals surface area contributed by atoms with Crippen LogP contribution in [0.5, 0.6) is 0 Å². The second-order valence-electron chi connectivity index (χ2n) is 10.2. The Balaban J connectivity index is 1.77. The number of nitrogens with zero attached hydrogens (tertiary/aromatic N) is 3. The lowest BCUT2D eigenvalue weighted by Gasteiger charge is -2.29. The molecule has 0 aliphatic rings. The van der Waals surface area contributed by atoms with Crippen molar-refractivity contribution in [2.75, 3.05) is 19.0 Å². The van der Waals surface area contributed by atoms with Crippen molar-refractivity contribution in [3.63, 3.8) is 0 Å². The third-order valence-corrected chi connectivity index (χ3v) is 6.93. The van der Waals surface area contributed by atoms with Gasteiger partial charge in [-0.1, -0.05) is 6.07 Å². The standard InChI is InChI=1S/C29H32FN5O9/c1-15-31-21-7-4-16(12-19(21)27(41)32-15)14-34(2)17-5-6-18(20(30)13-17)26(40)33-22(8-10-24(36)37)28(42)35(3)23(29(43)44)9-11-25(38)39/h4-7,12-13,22-23H,8-11,14H2,1-3H3,(H,33,40)(H,36,37)(H,38,39)(H,43,44)(H,31,32,41)/t22-,23-/m0/s1. The minimum absolute atomic E-state index is 0.277. The van der Waals surface area contributed by atoms with E-state index in [1.54, 1.807) is 37.1 Å². The lowest BCUT2D eigenvalue weighted by atomic mass is 10.1. The first-order chi connectivity index (χ1) is 20.7. The molecule has 234 valence electrons. The summed E-state index contributed by atoms with van der Waals surface area (Å²) >= 11 is 0. The highest BCUT2D eigenvalue weighted by atomic mass is 19.1. The minimum Gasteiger partial charge on any atom is -0.481 e. The van der Waals surface area contributed by atoms with Gasteiger partial charge in [0.05, 0.1) is 16.5 Å². The van der Waals surface area contributed by atoms with Crippen LogP contribution < -0.4 is 15.8 Å². The molecule has 15 heteroatoms. The molecular formula is C29H32FN5O9. The summed E-state index contributed by atoms with van der Waals surface area (Å²) in [6, 6.07) is 5.82. The fourth-order valence-electron chi connectivity index (χ4n) is 4.60. The van der Waals surface area contributed by atoms with E-state index in [2.05, 4.69) is 15.3 Å². The van der Waals surface area contributed by atoms with Crippen LogP contribution in [0.15, 0.2) is 41.2 Å². The predicted octanol–water partition coefficient (Wildman–Crippen LogP) is 1.75. The first kappa shape index (κ1) is 33.2. The third kappa shape index (κ3) is 8.36. The molecule has 0 saturated carbocycles. The molecule has 0 aliphatic carbocycles. The number of aromatic amines is 1. The van der Waals surface area contributed by atoms with E-state index in [4.69, 9.17) is 10.2 Å². The molecule has 2 atom stereocenters. The molecule has 3 rings (SSSR count). The van der Waals surface area contributed by atoms with Gasteiger partial charge >= 0.3 is 17.9 Å². The highest BCUT2D eigenvalue weighted by Gasteiger charge is 2.33. The van der Waals surface area contributed by atoms with Crippen molar-refractivity contribution in [1.82, 2.24) is 20.2 Å². The number of carbonyl (C=O) groups is 5. The van der Waals surface area contributed by atoms with Crippen molar-refractivity contribution in [1.29, 1.82) is 0 Å². The number of carboxylic acids is 3. The van der Waals surface area contributed by atoms with Crippen LogP contribution in [0, 0.1) is 12.7 Å². The molecule has 44 heavy (non-hydrogen) atoms. The molecular weight excluding hydrogens is 581 g/mol. The van der Waals surface area contributed by atoms with Crippen LogP contribution in [0.1, 0.15) is 47.4 Å². The molecule has 2 amide bonds. The SMILES string of the molecule is Cc1nc2ccc(CN(C)c3ccc(C(=O)N[C@@H](CCC(=O)O)C(=O)N(C)[C@@H](CCC(=O)O)C(=O)O)c(F)c3)cc2c(=O)[nH]1. The molecule has 0 fully saturated rings. The van der Waals surface area contributed by atoms with Gasteiger partial charge in [-0.2, -0.15) is 0 Å². The normalized spacial score (nSPS) is 12.3. The van der Waals surface area contributed by atoms with Gasteiger partial charge in [0.15, 0.2) is 0 Å². The number of H-pyrrole nitrogens is 1. The Morgan fingerprint density at radius 1 is 0.977 bits per heavy atom. The van der Waals surface area contributed by atoms with Gasteiger partial charge in [0.25, 0.3) is 11.5 Å². The number of hydrogen-bond acceptors (Lipinski definition) is 8. The minimum atomic E-state index is -1.56. The van der Waals surface area contributed by atoms with Crippen LogP contribution >= 0.6 is 0 Å². The summed E-state index contributed by atoms with van der Waals surface area (Å²) in [4.78, 5) is 81.5. The van der Waals surface area contributed by atoms with E-state index in [1.165, 1.54) is 12.1 Å². The second kappa shape index (κ2) is 14.2. The zero-order valence-electron chi connectivity index (χ0n) is 24.2. The Hall–Kier alpha value is -5.34. The zero-order chi connectivity index (χ0) is 32.7. The van der Waals surface area contributed by atoms with E-state index in [9.17, 15) is 33.9 Å². The summed E-state index contributed by atoms with van der Waals surface area (Å²) in [7, 11) is 2.77. The maximum atomic E-state index is 15.2. The van der Waals surface area contributed by atoms with E-state index in [1.807, 2.05) is 0 Å². The summed E-state index contributed by atoms with van der Waals surface area (Å²) in [5.41, 5.74) is 0.922. The first-order valence-corrected chi connectivity index (χ1v) is 13.4. The Kier molecular flexibility index (Phi) is 10.7. The van der Waals surface area contributed by atoms with Gasteiger partial charge in [0.1, 0.15) is 23.7 Å². The summed E-state index contributed by atoms with van der Waals surface area (Å²) < 4.78 is 15.2. The lowest BCUT2D eigenvalue weighted by molar-refractivity contribution is -0.151. The molecule has 1 aromatic heterocycles. The fourth-order valence-corrected chi connectivity index (χ4v) is 4.60. The zero-order valence-corrected chi connectivity index (χ0v) is 24.2. The molecule has 0 unspecified atom stereocenters. The molecule has 1 heterocycles.